The number of aromatic nitrogens is 2. The monoisotopic (exact) mass is 254 g/mol. The summed E-state index contributed by atoms with van der Waals surface area (Å²) in [6, 6.07) is 6.28. The van der Waals surface area contributed by atoms with E-state index in [9.17, 15) is 13.5 Å². The van der Waals surface area contributed by atoms with Crippen LogP contribution in [-0.4, -0.2) is 29.9 Å². The quantitative estimate of drug-likeness (QED) is 0.877. The Labute approximate surface area is 97.8 Å². The van der Waals surface area contributed by atoms with Crippen molar-refractivity contribution in [3.63, 3.8) is 0 Å². The Morgan fingerprint density at radius 1 is 1.41 bits per heavy atom. The minimum absolute atomic E-state index is 0.0744. The summed E-state index contributed by atoms with van der Waals surface area (Å²) in [4.78, 5) is 3.94. The smallest absolute Gasteiger partial charge is 0.258 e. The summed E-state index contributed by atoms with van der Waals surface area (Å²) < 4.78 is 27.0. The van der Waals surface area contributed by atoms with Crippen molar-refractivity contribution in [2.24, 2.45) is 0 Å². The first kappa shape index (κ1) is 11.6. The summed E-state index contributed by atoms with van der Waals surface area (Å²) in [6.07, 6.45) is 1.09. The third-order valence-electron chi connectivity index (χ3n) is 1.95. The second-order valence-corrected chi connectivity index (χ2v) is 5.78. The van der Waals surface area contributed by atoms with Crippen LogP contribution in [0.15, 0.2) is 28.8 Å². The Bertz CT molecular complexity index is 633. The van der Waals surface area contributed by atoms with Gasteiger partial charge in [0.25, 0.3) is 5.89 Å². The second kappa shape index (κ2) is 4.17. The highest BCUT2D eigenvalue weighted by atomic mass is 32.2. The Morgan fingerprint density at radius 3 is 2.82 bits per heavy atom. The predicted octanol–water partition coefficient (Wildman–Crippen LogP) is 0.987. The lowest BCUT2D eigenvalue weighted by Gasteiger charge is -1.94. The van der Waals surface area contributed by atoms with Gasteiger partial charge in [0.1, 0.15) is 11.5 Å². The topological polar surface area (TPSA) is 93.3 Å². The van der Waals surface area contributed by atoms with E-state index in [1.54, 1.807) is 12.1 Å². The van der Waals surface area contributed by atoms with Crippen LogP contribution in [0.2, 0.25) is 0 Å². The van der Waals surface area contributed by atoms with Crippen LogP contribution >= 0.6 is 0 Å². The number of hydrogen-bond donors (Lipinski definition) is 1. The SMILES string of the molecule is CS(=O)(=O)Cc1noc(-c2cccc(O)c2)n1. The highest BCUT2D eigenvalue weighted by Gasteiger charge is 2.13. The molecule has 0 aliphatic heterocycles. The summed E-state index contributed by atoms with van der Waals surface area (Å²) in [5, 5.41) is 12.8. The zero-order valence-electron chi connectivity index (χ0n) is 8.99. The maximum absolute atomic E-state index is 11.0. The number of benzene rings is 1. The number of rotatable bonds is 3. The van der Waals surface area contributed by atoms with Crippen molar-refractivity contribution in [1.29, 1.82) is 0 Å². The molecule has 1 aromatic heterocycles. The molecule has 90 valence electrons. The summed E-state index contributed by atoms with van der Waals surface area (Å²) in [5.74, 6) is 0.0886. The normalized spacial score (nSPS) is 11.6. The maximum atomic E-state index is 11.0. The molecule has 6 nitrogen and oxygen atoms in total. The van der Waals surface area contributed by atoms with E-state index in [1.807, 2.05) is 0 Å². The predicted molar refractivity (Wildman–Crippen MR) is 59.9 cm³/mol. The minimum atomic E-state index is -3.19. The lowest BCUT2D eigenvalue weighted by Crippen LogP contribution is -2.02. The van der Waals surface area contributed by atoms with Crippen LogP contribution in [0.25, 0.3) is 11.5 Å². The van der Waals surface area contributed by atoms with Gasteiger partial charge in [-0.2, -0.15) is 4.98 Å². The molecule has 1 N–H and O–H groups in total. The zero-order chi connectivity index (χ0) is 12.5. The number of sulfone groups is 1. The van der Waals surface area contributed by atoms with Gasteiger partial charge in [-0.1, -0.05) is 11.2 Å². The van der Waals surface area contributed by atoms with E-state index in [2.05, 4.69) is 10.1 Å². The highest BCUT2D eigenvalue weighted by molar-refractivity contribution is 7.89. The van der Waals surface area contributed by atoms with Crippen LogP contribution in [0.4, 0.5) is 0 Å². The van der Waals surface area contributed by atoms with Gasteiger partial charge in [0.2, 0.25) is 0 Å². The van der Waals surface area contributed by atoms with E-state index < -0.39 is 9.84 Å². The van der Waals surface area contributed by atoms with Crippen LogP contribution in [0.1, 0.15) is 5.82 Å². The van der Waals surface area contributed by atoms with Gasteiger partial charge in [0.15, 0.2) is 15.7 Å². The first-order chi connectivity index (χ1) is 7.94. The van der Waals surface area contributed by atoms with Crippen molar-refractivity contribution in [3.05, 3.63) is 30.1 Å². The number of phenolic OH excluding ortho intramolecular Hbond substituents is 1. The molecule has 0 radical (unpaired) electrons. The standard InChI is InChI=1S/C10H10N2O4S/c1-17(14,15)6-9-11-10(16-12-9)7-3-2-4-8(13)5-7/h2-5,13H,6H2,1H3. The molecule has 0 saturated heterocycles. The van der Waals surface area contributed by atoms with E-state index in [-0.39, 0.29) is 23.2 Å². The van der Waals surface area contributed by atoms with Crippen LogP contribution in [-0.2, 0) is 15.6 Å². The minimum Gasteiger partial charge on any atom is -0.508 e. The summed E-state index contributed by atoms with van der Waals surface area (Å²) in [5.41, 5.74) is 0.539. The van der Waals surface area contributed by atoms with Crippen molar-refractivity contribution >= 4 is 9.84 Å². The average Bonchev–Trinajstić information content (AvgIpc) is 2.63. The Balaban J connectivity index is 2.30. The van der Waals surface area contributed by atoms with Gasteiger partial charge in [0, 0.05) is 11.8 Å². The molecule has 17 heavy (non-hydrogen) atoms. The summed E-state index contributed by atoms with van der Waals surface area (Å²) >= 11 is 0. The Morgan fingerprint density at radius 2 is 2.18 bits per heavy atom. The largest absolute Gasteiger partial charge is 0.508 e. The van der Waals surface area contributed by atoms with Gasteiger partial charge < -0.3 is 9.63 Å². The van der Waals surface area contributed by atoms with Gasteiger partial charge in [-0.05, 0) is 18.2 Å². The molecule has 0 aliphatic carbocycles. The van der Waals surface area contributed by atoms with Crippen LogP contribution in [0.5, 0.6) is 5.75 Å². The number of hydrogen-bond acceptors (Lipinski definition) is 6. The second-order valence-electron chi connectivity index (χ2n) is 3.64. The number of phenols is 1. The molecule has 0 amide bonds. The van der Waals surface area contributed by atoms with Gasteiger partial charge in [-0.25, -0.2) is 8.42 Å². The van der Waals surface area contributed by atoms with Crippen molar-refractivity contribution in [1.82, 2.24) is 10.1 Å². The average molecular weight is 254 g/mol. The van der Waals surface area contributed by atoms with Gasteiger partial charge >= 0.3 is 0 Å². The van der Waals surface area contributed by atoms with E-state index in [0.717, 1.165) is 6.26 Å². The fourth-order valence-corrected chi connectivity index (χ4v) is 1.89. The van der Waals surface area contributed by atoms with E-state index in [1.165, 1.54) is 12.1 Å². The third kappa shape index (κ3) is 3.04. The maximum Gasteiger partial charge on any atom is 0.258 e. The highest BCUT2D eigenvalue weighted by Crippen LogP contribution is 2.21. The molecule has 0 bridgehead atoms. The molecule has 1 heterocycles. The fourth-order valence-electron chi connectivity index (χ4n) is 1.30. The molecule has 1 aromatic carbocycles. The Kier molecular flexibility index (Phi) is 2.84. The van der Waals surface area contributed by atoms with Crippen molar-refractivity contribution < 1.29 is 18.0 Å². The van der Waals surface area contributed by atoms with Crippen molar-refractivity contribution in [3.8, 4) is 17.2 Å². The first-order valence-electron chi connectivity index (χ1n) is 4.74. The van der Waals surface area contributed by atoms with Crippen LogP contribution in [0.3, 0.4) is 0 Å². The molecule has 0 saturated carbocycles. The molecule has 0 unspecified atom stereocenters. The van der Waals surface area contributed by atoms with E-state index >= 15 is 0 Å². The Hall–Kier alpha value is -1.89. The van der Waals surface area contributed by atoms with E-state index in [4.69, 9.17) is 4.52 Å². The molecule has 2 rings (SSSR count). The van der Waals surface area contributed by atoms with E-state index in [0.29, 0.717) is 5.56 Å². The number of nitrogens with zero attached hydrogens (tertiary/aromatic N) is 2. The lowest BCUT2D eigenvalue weighted by atomic mass is 10.2. The molecule has 0 fully saturated rings. The van der Waals surface area contributed by atoms with Crippen LogP contribution < -0.4 is 0 Å². The lowest BCUT2D eigenvalue weighted by molar-refractivity contribution is 0.424. The van der Waals surface area contributed by atoms with Crippen LogP contribution in [0, 0.1) is 0 Å². The zero-order valence-corrected chi connectivity index (χ0v) is 9.81. The molecule has 7 heteroatoms. The molecule has 0 spiro atoms. The first-order valence-corrected chi connectivity index (χ1v) is 6.80. The van der Waals surface area contributed by atoms with Gasteiger partial charge in [-0.15, -0.1) is 0 Å². The molecule has 0 aliphatic rings. The number of aromatic hydroxyl groups is 1. The fraction of sp³-hybridized carbons (Fsp3) is 0.200. The summed E-state index contributed by atoms with van der Waals surface area (Å²) in [7, 11) is -3.19. The van der Waals surface area contributed by atoms with Crippen molar-refractivity contribution in [2.75, 3.05) is 6.26 Å². The summed E-state index contributed by atoms with van der Waals surface area (Å²) in [6.45, 7) is 0. The van der Waals surface area contributed by atoms with Crippen molar-refractivity contribution in [2.45, 2.75) is 5.75 Å². The molecular formula is C10H10N2O4S. The third-order valence-corrected chi connectivity index (χ3v) is 2.74. The van der Waals surface area contributed by atoms with Gasteiger partial charge in [0.05, 0.1) is 0 Å². The molecule has 0 atom stereocenters. The van der Waals surface area contributed by atoms with Gasteiger partial charge in [-0.3, -0.25) is 0 Å². The molecule has 2 aromatic rings. The molecular weight excluding hydrogens is 244 g/mol.